The molecule has 0 unspecified atom stereocenters. The highest BCUT2D eigenvalue weighted by atomic mass is 28.4. The fourth-order valence-corrected chi connectivity index (χ4v) is 4.07. The molecule has 0 bridgehead atoms. The molecule has 6 heteroatoms. The lowest BCUT2D eigenvalue weighted by molar-refractivity contribution is -0.148. The van der Waals surface area contributed by atoms with Crippen molar-refractivity contribution < 1.29 is 18.8 Å². The van der Waals surface area contributed by atoms with Gasteiger partial charge in [-0.25, -0.2) is 4.79 Å². The van der Waals surface area contributed by atoms with Crippen LogP contribution < -0.4 is 5.32 Å². The molecule has 0 aliphatic rings. The first-order valence-corrected chi connectivity index (χ1v) is 14.5. The monoisotopic (exact) mass is 469 g/mol. The molecule has 2 aromatic carbocycles. The van der Waals surface area contributed by atoms with Crippen LogP contribution in [0.15, 0.2) is 54.6 Å². The van der Waals surface area contributed by atoms with Crippen molar-refractivity contribution in [3.8, 4) is 0 Å². The maximum Gasteiger partial charge on any atom is 0.331 e. The van der Waals surface area contributed by atoms with E-state index in [9.17, 15) is 9.59 Å². The Balaban J connectivity index is 2.15. The van der Waals surface area contributed by atoms with Crippen molar-refractivity contribution in [3.63, 3.8) is 0 Å². The highest BCUT2D eigenvalue weighted by Crippen LogP contribution is 2.36. The second-order valence-electron chi connectivity index (χ2n) is 10.5. The zero-order valence-electron chi connectivity index (χ0n) is 21.1. The highest BCUT2D eigenvalue weighted by molar-refractivity contribution is 6.74. The van der Waals surface area contributed by atoms with Crippen molar-refractivity contribution >= 4 is 20.2 Å². The summed E-state index contributed by atoms with van der Waals surface area (Å²) in [6, 6.07) is 16.2. The predicted molar refractivity (Wildman–Crippen MR) is 136 cm³/mol. The van der Waals surface area contributed by atoms with Crippen LogP contribution in [0.25, 0.3) is 0 Å². The molecule has 1 atom stereocenters. The first-order chi connectivity index (χ1) is 15.4. The van der Waals surface area contributed by atoms with Crippen LogP contribution in [0.5, 0.6) is 0 Å². The zero-order valence-corrected chi connectivity index (χ0v) is 22.1. The molecule has 0 aromatic heterocycles. The van der Waals surface area contributed by atoms with Crippen molar-refractivity contribution in [2.24, 2.45) is 5.92 Å². The number of ether oxygens (including phenoxy) is 1. The lowest BCUT2D eigenvalue weighted by Crippen LogP contribution is -2.49. The van der Waals surface area contributed by atoms with Crippen LogP contribution in [0.1, 0.15) is 56.1 Å². The van der Waals surface area contributed by atoms with Gasteiger partial charge in [0.15, 0.2) is 8.32 Å². The Bertz CT molecular complexity index is 919. The van der Waals surface area contributed by atoms with E-state index in [0.29, 0.717) is 11.5 Å². The third-order valence-corrected chi connectivity index (χ3v) is 10.6. The highest BCUT2D eigenvalue weighted by Gasteiger charge is 2.38. The van der Waals surface area contributed by atoms with Gasteiger partial charge in [-0.05, 0) is 53.7 Å². The maximum absolute atomic E-state index is 13.0. The zero-order chi connectivity index (χ0) is 24.6. The summed E-state index contributed by atoms with van der Waals surface area (Å²) in [4.78, 5) is 26.0. The van der Waals surface area contributed by atoms with Crippen LogP contribution in [0.4, 0.5) is 0 Å². The molecule has 0 saturated heterocycles. The van der Waals surface area contributed by atoms with E-state index in [1.807, 2.05) is 48.5 Å². The molecule has 1 N–H and O–H groups in total. The second kappa shape index (κ2) is 11.6. The number of benzene rings is 2. The van der Waals surface area contributed by atoms with Crippen molar-refractivity contribution in [1.82, 2.24) is 5.32 Å². The summed E-state index contributed by atoms with van der Waals surface area (Å²) >= 11 is 0. The van der Waals surface area contributed by atoms with Gasteiger partial charge in [0.25, 0.3) is 5.91 Å². The molecule has 1 amide bonds. The standard InChI is InChI=1S/C27H39NO4Si/c1-20(2)16-22-14-11-15-23(17-22)25(29)28-24(19-32-33(6,7)27(3,4)5)26(30)31-18-21-12-9-8-10-13-21/h8-15,17,20,24H,16,18-19H2,1-7H3,(H,28,29)/t24-/m0/s1. The van der Waals surface area contributed by atoms with Gasteiger partial charge in [-0.3, -0.25) is 4.79 Å². The van der Waals surface area contributed by atoms with E-state index in [1.54, 1.807) is 6.07 Å². The Morgan fingerprint density at radius 3 is 2.21 bits per heavy atom. The quantitative estimate of drug-likeness (QED) is 0.355. The summed E-state index contributed by atoms with van der Waals surface area (Å²) in [7, 11) is -2.12. The minimum atomic E-state index is -2.12. The van der Waals surface area contributed by atoms with Gasteiger partial charge in [-0.2, -0.15) is 0 Å². The molecule has 33 heavy (non-hydrogen) atoms. The number of esters is 1. The molecule has 2 aromatic rings. The summed E-state index contributed by atoms with van der Waals surface area (Å²) in [6.45, 7) is 15.2. The minimum absolute atomic E-state index is 0.0132. The molecule has 0 aliphatic carbocycles. The average molecular weight is 470 g/mol. The Labute approximate surface area is 200 Å². The third-order valence-electron chi connectivity index (χ3n) is 6.06. The van der Waals surface area contributed by atoms with Gasteiger partial charge >= 0.3 is 5.97 Å². The van der Waals surface area contributed by atoms with E-state index in [-0.39, 0.29) is 24.2 Å². The summed E-state index contributed by atoms with van der Waals surface area (Å²) in [5, 5.41) is 2.84. The molecular weight excluding hydrogens is 430 g/mol. The normalized spacial score (nSPS) is 13.0. The maximum atomic E-state index is 13.0. The number of nitrogens with one attached hydrogen (secondary N) is 1. The van der Waals surface area contributed by atoms with E-state index in [2.05, 4.69) is 53.0 Å². The average Bonchev–Trinajstić information content (AvgIpc) is 2.74. The van der Waals surface area contributed by atoms with Crippen LogP contribution >= 0.6 is 0 Å². The molecule has 0 saturated carbocycles. The van der Waals surface area contributed by atoms with Gasteiger partial charge in [-0.1, -0.05) is 77.1 Å². The topological polar surface area (TPSA) is 64.6 Å². The number of hydrogen-bond donors (Lipinski definition) is 1. The molecule has 180 valence electrons. The van der Waals surface area contributed by atoms with Gasteiger partial charge < -0.3 is 14.5 Å². The van der Waals surface area contributed by atoms with Crippen molar-refractivity contribution in [2.45, 2.75) is 71.8 Å². The summed E-state index contributed by atoms with van der Waals surface area (Å²) < 4.78 is 11.8. The molecular formula is C27H39NO4Si. The Morgan fingerprint density at radius 1 is 0.970 bits per heavy atom. The Hall–Kier alpha value is -2.44. The molecule has 0 spiro atoms. The second-order valence-corrected chi connectivity index (χ2v) is 15.3. The number of amides is 1. The summed E-state index contributed by atoms with van der Waals surface area (Å²) in [5.41, 5.74) is 2.52. The molecule has 5 nitrogen and oxygen atoms in total. The largest absolute Gasteiger partial charge is 0.459 e. The number of rotatable bonds is 10. The van der Waals surface area contributed by atoms with E-state index < -0.39 is 20.3 Å². The van der Waals surface area contributed by atoms with Gasteiger partial charge in [0.05, 0.1) is 6.61 Å². The van der Waals surface area contributed by atoms with Crippen LogP contribution in [-0.4, -0.2) is 32.8 Å². The van der Waals surface area contributed by atoms with E-state index in [1.165, 1.54) is 0 Å². The van der Waals surface area contributed by atoms with Crippen LogP contribution in [0.2, 0.25) is 18.1 Å². The first kappa shape index (κ1) is 26.8. The van der Waals surface area contributed by atoms with E-state index in [0.717, 1.165) is 17.5 Å². The lowest BCUT2D eigenvalue weighted by Gasteiger charge is -2.37. The minimum Gasteiger partial charge on any atom is -0.459 e. The molecule has 0 aliphatic heterocycles. The lowest BCUT2D eigenvalue weighted by atomic mass is 10.0. The van der Waals surface area contributed by atoms with Crippen LogP contribution in [-0.2, 0) is 27.0 Å². The van der Waals surface area contributed by atoms with Gasteiger partial charge in [0, 0.05) is 5.56 Å². The van der Waals surface area contributed by atoms with Crippen LogP contribution in [0.3, 0.4) is 0 Å². The van der Waals surface area contributed by atoms with E-state index >= 15 is 0 Å². The first-order valence-electron chi connectivity index (χ1n) is 11.6. The summed E-state index contributed by atoms with van der Waals surface area (Å²) in [6.07, 6.45) is 0.887. The third kappa shape index (κ3) is 8.44. The van der Waals surface area contributed by atoms with Crippen molar-refractivity contribution in [2.75, 3.05) is 6.61 Å². The molecule has 0 radical (unpaired) electrons. The smallest absolute Gasteiger partial charge is 0.331 e. The Morgan fingerprint density at radius 2 is 1.61 bits per heavy atom. The van der Waals surface area contributed by atoms with Crippen LogP contribution in [0, 0.1) is 5.92 Å². The van der Waals surface area contributed by atoms with Gasteiger partial charge in [0.1, 0.15) is 12.6 Å². The molecule has 2 rings (SSSR count). The van der Waals surface area contributed by atoms with Crippen molar-refractivity contribution in [1.29, 1.82) is 0 Å². The summed E-state index contributed by atoms with van der Waals surface area (Å²) in [5.74, 6) is -0.313. The fraction of sp³-hybridized carbons (Fsp3) is 0.481. The molecule has 0 heterocycles. The number of hydrogen-bond acceptors (Lipinski definition) is 4. The number of carbonyl (C=O) groups is 2. The predicted octanol–water partition coefficient (Wildman–Crippen LogP) is 5.75. The van der Waals surface area contributed by atoms with Crippen molar-refractivity contribution in [3.05, 3.63) is 71.3 Å². The van der Waals surface area contributed by atoms with Gasteiger partial charge in [0.2, 0.25) is 0 Å². The van der Waals surface area contributed by atoms with Gasteiger partial charge in [-0.15, -0.1) is 0 Å². The SMILES string of the molecule is CC(C)Cc1cccc(C(=O)N[C@@H](CO[Si](C)(C)C(C)(C)C)C(=O)OCc2ccccc2)c1. The Kier molecular flexibility index (Phi) is 9.43. The number of carbonyl (C=O) groups excluding carboxylic acids is 2. The van der Waals surface area contributed by atoms with E-state index in [4.69, 9.17) is 9.16 Å². The fourth-order valence-electron chi connectivity index (χ4n) is 3.06. The molecule has 0 fully saturated rings.